The van der Waals surface area contributed by atoms with E-state index >= 15 is 0 Å². The van der Waals surface area contributed by atoms with Gasteiger partial charge in [0.15, 0.2) is 5.13 Å². The van der Waals surface area contributed by atoms with E-state index in [0.29, 0.717) is 16.3 Å². The Kier molecular flexibility index (Phi) is 5.69. The van der Waals surface area contributed by atoms with Gasteiger partial charge in [-0.3, -0.25) is 10.1 Å². The van der Waals surface area contributed by atoms with Gasteiger partial charge < -0.3 is 0 Å². The summed E-state index contributed by atoms with van der Waals surface area (Å²) >= 11 is 1.52. The summed E-state index contributed by atoms with van der Waals surface area (Å²) in [4.78, 5) is 18.7. The largest absolute Gasteiger partial charge is 0.298 e. The fourth-order valence-electron chi connectivity index (χ4n) is 3.17. The van der Waals surface area contributed by atoms with Crippen molar-refractivity contribution in [3.63, 3.8) is 0 Å². The molecule has 2 aromatic rings. The number of hydrogen-bond acceptors (Lipinski definition) is 5. The number of aromatic nitrogens is 1. The van der Waals surface area contributed by atoms with E-state index in [1.165, 1.54) is 42.8 Å². The summed E-state index contributed by atoms with van der Waals surface area (Å²) < 4.78 is 26.3. The molecule has 1 N–H and O–H groups in total. The van der Waals surface area contributed by atoms with Crippen LogP contribution in [0.25, 0.3) is 0 Å². The van der Waals surface area contributed by atoms with Crippen LogP contribution in [0.2, 0.25) is 0 Å². The van der Waals surface area contributed by atoms with E-state index in [4.69, 9.17) is 0 Å². The number of benzene rings is 1. The molecule has 0 fully saturated rings. The predicted octanol–water partition coefficient (Wildman–Crippen LogP) is 3.53. The minimum atomic E-state index is -3.62. The van der Waals surface area contributed by atoms with E-state index in [1.807, 2.05) is 6.92 Å². The summed E-state index contributed by atoms with van der Waals surface area (Å²) in [7, 11) is -0.654. The van der Waals surface area contributed by atoms with E-state index in [-0.39, 0.29) is 10.8 Å². The van der Waals surface area contributed by atoms with Gasteiger partial charge in [0, 0.05) is 24.5 Å². The Morgan fingerprint density at radius 2 is 1.85 bits per heavy atom. The second-order valence-electron chi connectivity index (χ2n) is 7.11. The highest BCUT2D eigenvalue weighted by atomic mass is 32.2. The molecule has 3 rings (SSSR count). The van der Waals surface area contributed by atoms with Gasteiger partial charge in [-0.05, 0) is 62.8 Å². The summed E-state index contributed by atoms with van der Waals surface area (Å²) in [6, 6.07) is 3.17. The molecule has 0 atom stereocenters. The number of anilines is 1. The molecule has 0 bridgehead atoms. The quantitative estimate of drug-likeness (QED) is 0.787. The lowest BCUT2D eigenvalue weighted by Gasteiger charge is -2.16. The molecular weight excluding hydrogens is 382 g/mol. The number of rotatable bonds is 4. The number of sulfonamides is 1. The van der Waals surface area contributed by atoms with Crippen LogP contribution in [0.5, 0.6) is 0 Å². The molecule has 0 unspecified atom stereocenters. The number of aryl methyl sites for hydroxylation is 3. The van der Waals surface area contributed by atoms with Crippen molar-refractivity contribution in [3.05, 3.63) is 39.4 Å². The fourth-order valence-corrected chi connectivity index (χ4v) is 5.44. The zero-order chi connectivity index (χ0) is 19.8. The average Bonchev–Trinajstić information content (AvgIpc) is 2.84. The van der Waals surface area contributed by atoms with Crippen molar-refractivity contribution >= 4 is 32.4 Å². The third kappa shape index (κ3) is 4.07. The summed E-state index contributed by atoms with van der Waals surface area (Å²) in [5.74, 6) is -0.336. The lowest BCUT2D eigenvalue weighted by molar-refractivity contribution is 0.102. The Labute approximate surface area is 164 Å². The van der Waals surface area contributed by atoms with Crippen LogP contribution in [-0.4, -0.2) is 37.7 Å². The molecule has 1 aromatic heterocycles. The molecule has 1 aliphatic carbocycles. The van der Waals surface area contributed by atoms with Gasteiger partial charge in [-0.1, -0.05) is 6.42 Å². The molecule has 0 radical (unpaired) electrons. The van der Waals surface area contributed by atoms with Crippen LogP contribution in [0, 0.1) is 13.8 Å². The molecule has 1 aliphatic rings. The third-order valence-corrected chi connectivity index (χ3v) is 7.97. The van der Waals surface area contributed by atoms with Gasteiger partial charge in [0.2, 0.25) is 10.0 Å². The minimum absolute atomic E-state index is 0.160. The zero-order valence-electron chi connectivity index (χ0n) is 16.1. The van der Waals surface area contributed by atoms with Crippen molar-refractivity contribution in [1.82, 2.24) is 9.29 Å². The van der Waals surface area contributed by atoms with Crippen LogP contribution in [0.4, 0.5) is 5.13 Å². The van der Waals surface area contributed by atoms with Crippen molar-refractivity contribution < 1.29 is 13.2 Å². The zero-order valence-corrected chi connectivity index (χ0v) is 17.8. The van der Waals surface area contributed by atoms with E-state index in [0.717, 1.165) is 41.2 Å². The number of thiazole rings is 1. The van der Waals surface area contributed by atoms with Crippen molar-refractivity contribution in [2.75, 3.05) is 19.4 Å². The molecule has 0 saturated carbocycles. The van der Waals surface area contributed by atoms with Crippen molar-refractivity contribution in [2.24, 2.45) is 0 Å². The second kappa shape index (κ2) is 7.69. The first-order valence-corrected chi connectivity index (χ1v) is 11.3. The molecule has 0 spiro atoms. The van der Waals surface area contributed by atoms with Gasteiger partial charge in [-0.15, -0.1) is 11.3 Å². The molecule has 1 heterocycles. The van der Waals surface area contributed by atoms with E-state index in [2.05, 4.69) is 10.3 Å². The Balaban J connectivity index is 1.90. The molecule has 27 heavy (non-hydrogen) atoms. The summed E-state index contributed by atoms with van der Waals surface area (Å²) in [5.41, 5.74) is 2.83. The van der Waals surface area contributed by atoms with Gasteiger partial charge in [0.1, 0.15) is 0 Å². The Hall–Kier alpha value is -1.77. The SMILES string of the molecule is Cc1cc(C(=O)Nc2nc3c(s2)CCCCC3)cc(S(=O)(=O)N(C)C)c1C. The molecule has 8 heteroatoms. The lowest BCUT2D eigenvalue weighted by atomic mass is 10.1. The first kappa shape index (κ1) is 20.0. The Bertz CT molecular complexity index is 955. The van der Waals surface area contributed by atoms with Crippen LogP contribution in [0.15, 0.2) is 17.0 Å². The van der Waals surface area contributed by atoms with Gasteiger partial charge in [0.05, 0.1) is 10.6 Å². The van der Waals surface area contributed by atoms with Crippen molar-refractivity contribution in [2.45, 2.75) is 50.8 Å². The lowest BCUT2D eigenvalue weighted by Crippen LogP contribution is -2.24. The van der Waals surface area contributed by atoms with Crippen LogP contribution < -0.4 is 5.32 Å². The number of fused-ring (bicyclic) bond motifs is 1. The maximum atomic E-state index is 12.8. The van der Waals surface area contributed by atoms with E-state index in [1.54, 1.807) is 13.0 Å². The molecule has 0 saturated heterocycles. The van der Waals surface area contributed by atoms with Gasteiger partial charge in [-0.2, -0.15) is 0 Å². The van der Waals surface area contributed by atoms with Crippen LogP contribution in [0.3, 0.4) is 0 Å². The van der Waals surface area contributed by atoms with E-state index < -0.39 is 10.0 Å². The average molecular weight is 408 g/mol. The van der Waals surface area contributed by atoms with Crippen LogP contribution in [0.1, 0.15) is 51.3 Å². The number of nitrogens with one attached hydrogen (secondary N) is 1. The Morgan fingerprint density at radius 3 is 2.56 bits per heavy atom. The fraction of sp³-hybridized carbons (Fsp3) is 0.474. The van der Waals surface area contributed by atoms with E-state index in [9.17, 15) is 13.2 Å². The van der Waals surface area contributed by atoms with Gasteiger partial charge in [0.25, 0.3) is 5.91 Å². The second-order valence-corrected chi connectivity index (χ2v) is 10.3. The first-order valence-electron chi connectivity index (χ1n) is 9.04. The predicted molar refractivity (Wildman–Crippen MR) is 108 cm³/mol. The Morgan fingerprint density at radius 1 is 1.15 bits per heavy atom. The molecule has 1 amide bonds. The van der Waals surface area contributed by atoms with Crippen LogP contribution >= 0.6 is 11.3 Å². The minimum Gasteiger partial charge on any atom is -0.298 e. The maximum Gasteiger partial charge on any atom is 0.257 e. The maximum absolute atomic E-state index is 12.8. The summed E-state index contributed by atoms with van der Waals surface area (Å²) in [6.45, 7) is 3.57. The summed E-state index contributed by atoms with van der Waals surface area (Å²) in [5, 5.41) is 3.44. The van der Waals surface area contributed by atoms with Crippen LogP contribution in [-0.2, 0) is 22.9 Å². The number of nitrogens with zero attached hydrogens (tertiary/aromatic N) is 2. The topological polar surface area (TPSA) is 79.4 Å². The molecule has 146 valence electrons. The number of amides is 1. The highest BCUT2D eigenvalue weighted by molar-refractivity contribution is 7.89. The third-order valence-electron chi connectivity index (χ3n) is 4.96. The number of hydrogen-bond donors (Lipinski definition) is 1. The normalized spacial score (nSPS) is 14.7. The molecule has 6 nitrogen and oxygen atoms in total. The standard InChI is InChI=1S/C19H25N3O3S2/c1-12-10-14(11-17(13(12)2)27(24,25)22(3)4)18(23)21-19-20-15-8-6-5-7-9-16(15)26-19/h10-11H,5-9H2,1-4H3,(H,20,21,23). The molecular formula is C19H25N3O3S2. The molecule has 1 aromatic carbocycles. The number of carbonyl (C=O) groups is 1. The smallest absolute Gasteiger partial charge is 0.257 e. The van der Waals surface area contributed by atoms with Gasteiger partial charge >= 0.3 is 0 Å². The first-order chi connectivity index (χ1) is 12.7. The highest BCUT2D eigenvalue weighted by Gasteiger charge is 2.23. The summed E-state index contributed by atoms with van der Waals surface area (Å²) in [6.07, 6.45) is 5.48. The highest BCUT2D eigenvalue weighted by Crippen LogP contribution is 2.30. The number of carbonyl (C=O) groups excluding carboxylic acids is 1. The monoisotopic (exact) mass is 407 g/mol. The van der Waals surface area contributed by atoms with Crippen molar-refractivity contribution in [1.29, 1.82) is 0 Å². The van der Waals surface area contributed by atoms with Crippen molar-refractivity contribution in [3.8, 4) is 0 Å². The molecule has 0 aliphatic heterocycles. The van der Waals surface area contributed by atoms with Gasteiger partial charge in [-0.25, -0.2) is 17.7 Å².